The SMILES string of the molecule is CC(=O)O.CC(=O)O.CN(C)[C@@H]1CS(=O)(=O)[C@H]2CN(C(=O)c3csc(N)n3)C[C@@H]12. The van der Waals surface area contributed by atoms with Crippen LogP contribution >= 0.6 is 11.3 Å². The van der Waals surface area contributed by atoms with E-state index in [1.165, 1.54) is 11.3 Å². The Hall–Kier alpha value is -2.25. The van der Waals surface area contributed by atoms with Crippen LogP contribution in [-0.4, -0.2) is 95.5 Å². The molecule has 13 heteroatoms. The van der Waals surface area contributed by atoms with E-state index in [0.29, 0.717) is 17.4 Å². The number of aliphatic carboxylic acids is 2. The highest BCUT2D eigenvalue weighted by atomic mass is 32.2. The topological polar surface area (TPSA) is 171 Å². The molecule has 29 heavy (non-hydrogen) atoms. The molecular weight excluding hydrogens is 424 g/mol. The number of nitrogens with two attached hydrogens (primary N) is 1. The Morgan fingerprint density at radius 2 is 1.72 bits per heavy atom. The first-order valence-corrected chi connectivity index (χ1v) is 11.1. The third kappa shape index (κ3) is 6.94. The summed E-state index contributed by atoms with van der Waals surface area (Å²) < 4.78 is 24.5. The molecule has 2 saturated heterocycles. The van der Waals surface area contributed by atoms with E-state index in [2.05, 4.69) is 4.98 Å². The van der Waals surface area contributed by atoms with Crippen molar-refractivity contribution in [3.8, 4) is 0 Å². The molecule has 0 aromatic carbocycles. The number of hydrogen-bond donors (Lipinski definition) is 3. The summed E-state index contributed by atoms with van der Waals surface area (Å²) in [5.74, 6) is -1.74. The Morgan fingerprint density at radius 3 is 2.14 bits per heavy atom. The molecular formula is C16H26N4O7S2. The minimum absolute atomic E-state index is 0.0232. The fraction of sp³-hybridized carbons (Fsp3) is 0.625. The molecule has 3 atom stereocenters. The Bertz CT molecular complexity index is 833. The lowest BCUT2D eigenvalue weighted by Crippen LogP contribution is -2.38. The standard InChI is InChI=1S/C12H18N4O3S2.2C2H4O2/c1-15(2)9-6-21(18,19)10-4-16(3-7(9)10)11(17)8-5-20-12(13)14-8;2*1-2(3)4/h5,7,9-10H,3-4,6H2,1-2H3,(H2,13,14);2*1H3,(H,3,4)/t7-,9+,10-;;/m0../s1. The van der Waals surface area contributed by atoms with E-state index >= 15 is 0 Å². The molecule has 1 aromatic heterocycles. The second-order valence-corrected chi connectivity index (χ2v) is 10.0. The number of carbonyl (C=O) groups is 3. The van der Waals surface area contributed by atoms with Crippen LogP contribution in [0, 0.1) is 5.92 Å². The van der Waals surface area contributed by atoms with Gasteiger partial charge >= 0.3 is 0 Å². The summed E-state index contributed by atoms with van der Waals surface area (Å²) in [6.07, 6.45) is 0. The number of thiazole rings is 1. The molecule has 0 bridgehead atoms. The Balaban J connectivity index is 0.000000452. The highest BCUT2D eigenvalue weighted by Crippen LogP contribution is 2.36. The zero-order chi connectivity index (χ0) is 22.5. The highest BCUT2D eigenvalue weighted by molar-refractivity contribution is 7.92. The van der Waals surface area contributed by atoms with Crippen LogP contribution in [0.15, 0.2) is 5.38 Å². The molecule has 0 radical (unpaired) electrons. The summed E-state index contributed by atoms with van der Waals surface area (Å²) in [4.78, 5) is 37.9. The largest absolute Gasteiger partial charge is 0.481 e. The number of fused-ring (bicyclic) bond motifs is 1. The van der Waals surface area contributed by atoms with Crippen molar-refractivity contribution in [1.82, 2.24) is 14.8 Å². The maximum atomic E-state index is 12.4. The lowest BCUT2D eigenvalue weighted by molar-refractivity contribution is -0.135. The number of anilines is 1. The molecule has 0 unspecified atom stereocenters. The predicted molar refractivity (Wildman–Crippen MR) is 108 cm³/mol. The van der Waals surface area contributed by atoms with E-state index in [4.69, 9.17) is 25.5 Å². The lowest BCUT2D eigenvalue weighted by Gasteiger charge is -2.24. The molecule has 3 rings (SSSR count). The predicted octanol–water partition coefficient (Wildman–Crippen LogP) is -0.294. The van der Waals surface area contributed by atoms with E-state index in [9.17, 15) is 13.2 Å². The average Bonchev–Trinajstić information content (AvgIpc) is 3.22. The number of hydrogen-bond acceptors (Lipinski definition) is 9. The van der Waals surface area contributed by atoms with Crippen molar-refractivity contribution in [1.29, 1.82) is 0 Å². The Morgan fingerprint density at radius 1 is 1.21 bits per heavy atom. The zero-order valence-electron chi connectivity index (χ0n) is 16.6. The number of nitrogen functional groups attached to an aromatic ring is 1. The minimum Gasteiger partial charge on any atom is -0.481 e. The smallest absolute Gasteiger partial charge is 0.300 e. The summed E-state index contributed by atoms with van der Waals surface area (Å²) >= 11 is 1.21. The van der Waals surface area contributed by atoms with E-state index in [1.54, 1.807) is 10.3 Å². The number of carboxylic acids is 2. The summed E-state index contributed by atoms with van der Waals surface area (Å²) in [7, 11) is 0.627. The summed E-state index contributed by atoms with van der Waals surface area (Å²) in [6, 6.07) is -0.0293. The van der Waals surface area contributed by atoms with Crippen molar-refractivity contribution in [3.05, 3.63) is 11.1 Å². The van der Waals surface area contributed by atoms with Crippen molar-refractivity contribution in [2.24, 2.45) is 5.92 Å². The first-order valence-electron chi connectivity index (χ1n) is 8.53. The van der Waals surface area contributed by atoms with Gasteiger partial charge in [-0.15, -0.1) is 11.3 Å². The summed E-state index contributed by atoms with van der Waals surface area (Å²) in [5.41, 5.74) is 5.85. The molecule has 2 aliphatic rings. The quantitative estimate of drug-likeness (QED) is 0.543. The summed E-state index contributed by atoms with van der Waals surface area (Å²) in [6.45, 7) is 2.89. The molecule has 0 saturated carbocycles. The number of carboxylic acid groups (broad SMARTS) is 2. The van der Waals surface area contributed by atoms with Gasteiger partial charge in [-0.1, -0.05) is 0 Å². The van der Waals surface area contributed by atoms with Gasteiger partial charge in [0.25, 0.3) is 17.8 Å². The fourth-order valence-electron chi connectivity index (χ4n) is 3.28. The molecule has 164 valence electrons. The van der Waals surface area contributed by atoms with Crippen LogP contribution in [0.2, 0.25) is 0 Å². The van der Waals surface area contributed by atoms with E-state index in [1.807, 2.05) is 19.0 Å². The number of amides is 1. The fourth-order valence-corrected chi connectivity index (χ4v) is 6.29. The van der Waals surface area contributed by atoms with Gasteiger partial charge in [0.1, 0.15) is 5.69 Å². The van der Waals surface area contributed by atoms with Gasteiger partial charge in [-0.25, -0.2) is 13.4 Å². The first kappa shape index (κ1) is 24.8. The van der Waals surface area contributed by atoms with E-state index in [-0.39, 0.29) is 30.2 Å². The van der Waals surface area contributed by atoms with Crippen LogP contribution in [-0.2, 0) is 19.4 Å². The molecule has 0 spiro atoms. The van der Waals surface area contributed by atoms with E-state index < -0.39 is 27.0 Å². The van der Waals surface area contributed by atoms with Gasteiger partial charge in [0.15, 0.2) is 15.0 Å². The number of aromatic nitrogens is 1. The van der Waals surface area contributed by atoms with Crippen LogP contribution in [0.1, 0.15) is 24.3 Å². The van der Waals surface area contributed by atoms with Crippen LogP contribution in [0.4, 0.5) is 5.13 Å². The van der Waals surface area contributed by atoms with Crippen LogP contribution in [0.25, 0.3) is 0 Å². The van der Waals surface area contributed by atoms with Gasteiger partial charge in [0, 0.05) is 44.3 Å². The molecule has 2 fully saturated rings. The molecule has 1 amide bonds. The minimum atomic E-state index is -3.14. The first-order chi connectivity index (χ1) is 13.3. The Kier molecular flexibility index (Phi) is 8.53. The molecule has 0 aliphatic carbocycles. The lowest BCUT2D eigenvalue weighted by atomic mass is 10.00. The number of rotatable bonds is 2. The maximum Gasteiger partial charge on any atom is 0.300 e. The second-order valence-electron chi connectivity index (χ2n) is 6.88. The number of carbonyl (C=O) groups excluding carboxylic acids is 1. The van der Waals surface area contributed by atoms with Gasteiger partial charge in [0.2, 0.25) is 0 Å². The number of sulfone groups is 1. The van der Waals surface area contributed by atoms with E-state index in [0.717, 1.165) is 13.8 Å². The highest BCUT2D eigenvalue weighted by Gasteiger charge is 2.53. The maximum absolute atomic E-state index is 12.4. The molecule has 3 heterocycles. The van der Waals surface area contributed by atoms with Crippen molar-refractivity contribution >= 4 is 44.2 Å². The van der Waals surface area contributed by atoms with Gasteiger partial charge in [-0.3, -0.25) is 14.4 Å². The average molecular weight is 451 g/mol. The van der Waals surface area contributed by atoms with Gasteiger partial charge in [0.05, 0.1) is 11.0 Å². The van der Waals surface area contributed by atoms with Crippen LogP contribution in [0.3, 0.4) is 0 Å². The van der Waals surface area contributed by atoms with Crippen molar-refractivity contribution in [2.75, 3.05) is 38.7 Å². The second kappa shape index (κ2) is 9.98. The molecule has 4 N–H and O–H groups in total. The Labute approximate surface area is 173 Å². The normalized spacial score (nSPS) is 24.0. The van der Waals surface area contributed by atoms with Crippen LogP contribution < -0.4 is 5.73 Å². The number of likely N-dealkylation sites (tertiary alicyclic amines) is 1. The summed E-state index contributed by atoms with van der Waals surface area (Å²) in [5, 5.41) is 16.3. The third-order valence-corrected chi connectivity index (χ3v) is 7.26. The van der Waals surface area contributed by atoms with Gasteiger partial charge < -0.3 is 25.7 Å². The molecule has 2 aliphatic heterocycles. The van der Waals surface area contributed by atoms with Gasteiger partial charge in [-0.2, -0.15) is 0 Å². The monoisotopic (exact) mass is 450 g/mol. The van der Waals surface area contributed by atoms with Crippen LogP contribution in [0.5, 0.6) is 0 Å². The third-order valence-electron chi connectivity index (χ3n) is 4.36. The molecule has 11 nitrogen and oxygen atoms in total. The van der Waals surface area contributed by atoms with Crippen molar-refractivity contribution < 1.29 is 33.0 Å². The van der Waals surface area contributed by atoms with Crippen molar-refractivity contribution in [2.45, 2.75) is 25.1 Å². The number of nitrogens with zero attached hydrogens (tertiary/aromatic N) is 3. The van der Waals surface area contributed by atoms with Gasteiger partial charge in [-0.05, 0) is 14.1 Å². The van der Waals surface area contributed by atoms with Crippen molar-refractivity contribution in [3.63, 3.8) is 0 Å². The zero-order valence-corrected chi connectivity index (χ0v) is 18.2. The molecule has 1 aromatic rings.